The van der Waals surface area contributed by atoms with Gasteiger partial charge in [-0.15, -0.1) is 0 Å². The van der Waals surface area contributed by atoms with E-state index in [0.717, 1.165) is 22.6 Å². The molecule has 0 aliphatic carbocycles. The lowest BCUT2D eigenvalue weighted by atomic mass is 10.0. The lowest BCUT2D eigenvalue weighted by molar-refractivity contribution is -0.139. The summed E-state index contributed by atoms with van der Waals surface area (Å²) in [5, 5.41) is 5.16. The minimum Gasteiger partial charge on any atom is -0.463 e. The largest absolute Gasteiger partial charge is 0.463 e. The highest BCUT2D eigenvalue weighted by atomic mass is 16.5. The molecule has 0 saturated heterocycles. The van der Waals surface area contributed by atoms with E-state index in [-0.39, 0.29) is 24.5 Å². The Balaban J connectivity index is 1.83. The molecule has 0 fully saturated rings. The number of aryl methyl sites for hydroxylation is 2. The molecule has 2 amide bonds. The van der Waals surface area contributed by atoms with Crippen LogP contribution in [0.1, 0.15) is 41.2 Å². The summed E-state index contributed by atoms with van der Waals surface area (Å²) in [6.07, 6.45) is 0. The molecule has 1 aromatic heterocycles. The number of esters is 2. The molecule has 1 atom stereocenters. The van der Waals surface area contributed by atoms with Crippen LogP contribution in [0.2, 0.25) is 0 Å². The van der Waals surface area contributed by atoms with Crippen molar-refractivity contribution in [2.24, 2.45) is 0 Å². The molecule has 0 saturated carbocycles. The van der Waals surface area contributed by atoms with E-state index in [9.17, 15) is 14.4 Å². The van der Waals surface area contributed by atoms with Gasteiger partial charge < -0.3 is 24.7 Å². The second-order valence-electron chi connectivity index (χ2n) is 7.46. The summed E-state index contributed by atoms with van der Waals surface area (Å²) in [7, 11) is 0. The third-order valence-corrected chi connectivity index (χ3v) is 5.16. The molecule has 8 heteroatoms. The van der Waals surface area contributed by atoms with Crippen LogP contribution in [0.4, 0.5) is 4.79 Å². The summed E-state index contributed by atoms with van der Waals surface area (Å²) in [6, 6.07) is 8.74. The second-order valence-corrected chi connectivity index (χ2v) is 7.46. The molecule has 0 radical (unpaired) electrons. The lowest BCUT2D eigenvalue weighted by Crippen LogP contribution is -2.50. The molecule has 1 aliphatic heterocycles. The summed E-state index contributed by atoms with van der Waals surface area (Å²) < 4.78 is 12.5. The molecule has 8 nitrogen and oxygen atoms in total. The minimum absolute atomic E-state index is 0.196. The Hall–Kier alpha value is -3.55. The van der Waals surface area contributed by atoms with Gasteiger partial charge >= 0.3 is 18.0 Å². The van der Waals surface area contributed by atoms with Crippen LogP contribution in [0, 0.1) is 20.8 Å². The van der Waals surface area contributed by atoms with Crippen molar-refractivity contribution in [1.29, 1.82) is 0 Å². The molecule has 1 aromatic carbocycles. The molecular weight excluding hydrogens is 398 g/mol. The molecule has 0 bridgehead atoms. The SMILES string of the molecule is CCOC(=O)C1=C(COC(=O)c2cc(C)n(-c3ccc(C)cc3)c2C)NC(=O)N[C@H]1C. The molecule has 2 heterocycles. The zero-order chi connectivity index (χ0) is 22.7. The van der Waals surface area contributed by atoms with Crippen molar-refractivity contribution in [3.63, 3.8) is 0 Å². The van der Waals surface area contributed by atoms with E-state index in [4.69, 9.17) is 9.47 Å². The maximum atomic E-state index is 12.8. The van der Waals surface area contributed by atoms with E-state index in [2.05, 4.69) is 10.6 Å². The fraction of sp³-hybridized carbons (Fsp3) is 0.348. The summed E-state index contributed by atoms with van der Waals surface area (Å²) in [4.78, 5) is 37.0. The monoisotopic (exact) mass is 425 g/mol. The maximum absolute atomic E-state index is 12.8. The number of hydrogen-bond acceptors (Lipinski definition) is 5. The molecule has 0 unspecified atom stereocenters. The van der Waals surface area contributed by atoms with Crippen molar-refractivity contribution < 1.29 is 23.9 Å². The highest BCUT2D eigenvalue weighted by molar-refractivity contribution is 5.95. The van der Waals surface area contributed by atoms with Crippen molar-refractivity contribution in [3.8, 4) is 5.69 Å². The van der Waals surface area contributed by atoms with Crippen molar-refractivity contribution in [3.05, 3.63) is 64.1 Å². The first-order valence-electron chi connectivity index (χ1n) is 10.1. The fourth-order valence-electron chi connectivity index (χ4n) is 3.67. The van der Waals surface area contributed by atoms with Gasteiger partial charge in [-0.2, -0.15) is 0 Å². The summed E-state index contributed by atoms with van der Waals surface area (Å²) in [5.74, 6) is -1.10. The van der Waals surface area contributed by atoms with Crippen molar-refractivity contribution >= 4 is 18.0 Å². The van der Waals surface area contributed by atoms with Gasteiger partial charge in [0.1, 0.15) is 6.61 Å². The standard InChI is InChI=1S/C23H27N3O5/c1-6-30-22(28)20-15(4)24-23(29)25-19(20)12-31-21(27)18-11-14(3)26(16(18)5)17-9-7-13(2)8-10-17/h7-11,15H,6,12H2,1-5H3,(H2,24,25,29)/t15-/m0/s1. The number of carbonyl (C=O) groups excluding carboxylic acids is 3. The van der Waals surface area contributed by atoms with Gasteiger partial charge in [0.2, 0.25) is 0 Å². The maximum Gasteiger partial charge on any atom is 0.340 e. The Bertz CT molecular complexity index is 1050. The molecule has 164 valence electrons. The zero-order valence-electron chi connectivity index (χ0n) is 18.4. The van der Waals surface area contributed by atoms with E-state index in [0.29, 0.717) is 5.56 Å². The van der Waals surface area contributed by atoms with Crippen molar-refractivity contribution in [2.75, 3.05) is 13.2 Å². The highest BCUT2D eigenvalue weighted by Crippen LogP contribution is 2.22. The fourth-order valence-corrected chi connectivity index (χ4v) is 3.67. The van der Waals surface area contributed by atoms with Crippen LogP contribution in [0.25, 0.3) is 5.69 Å². The number of ether oxygens (including phenoxy) is 2. The van der Waals surface area contributed by atoms with Crippen LogP contribution in [-0.4, -0.2) is 41.8 Å². The third kappa shape index (κ3) is 4.63. The Kier molecular flexibility index (Phi) is 6.48. The predicted molar refractivity (Wildman–Crippen MR) is 115 cm³/mol. The Morgan fingerprint density at radius 1 is 1.06 bits per heavy atom. The Morgan fingerprint density at radius 3 is 2.39 bits per heavy atom. The molecule has 0 spiro atoms. The Labute approximate surface area is 181 Å². The number of amides is 2. The van der Waals surface area contributed by atoms with Crippen LogP contribution in [0.15, 0.2) is 41.6 Å². The van der Waals surface area contributed by atoms with Crippen LogP contribution >= 0.6 is 0 Å². The molecule has 2 aromatic rings. The number of aromatic nitrogens is 1. The van der Waals surface area contributed by atoms with Crippen LogP contribution in [0.3, 0.4) is 0 Å². The highest BCUT2D eigenvalue weighted by Gasteiger charge is 2.30. The summed E-state index contributed by atoms with van der Waals surface area (Å²) >= 11 is 0. The molecular formula is C23H27N3O5. The van der Waals surface area contributed by atoms with Gasteiger partial charge in [0.15, 0.2) is 0 Å². The first-order valence-corrected chi connectivity index (χ1v) is 10.1. The first kappa shape index (κ1) is 22.1. The first-order chi connectivity index (χ1) is 14.7. The molecule has 2 N–H and O–H groups in total. The van der Waals surface area contributed by atoms with Crippen LogP contribution < -0.4 is 10.6 Å². The van der Waals surface area contributed by atoms with Crippen molar-refractivity contribution in [1.82, 2.24) is 15.2 Å². The number of rotatable bonds is 6. The average molecular weight is 425 g/mol. The van der Waals surface area contributed by atoms with Gasteiger partial charge in [-0.3, -0.25) is 0 Å². The molecule has 3 rings (SSSR count). The number of hydrogen-bond donors (Lipinski definition) is 2. The van der Waals surface area contributed by atoms with E-state index in [1.54, 1.807) is 19.9 Å². The van der Waals surface area contributed by atoms with E-state index >= 15 is 0 Å². The number of nitrogens with zero attached hydrogens (tertiary/aromatic N) is 1. The number of urea groups is 1. The summed E-state index contributed by atoms with van der Waals surface area (Å²) in [6.45, 7) is 9.09. The summed E-state index contributed by atoms with van der Waals surface area (Å²) in [5.41, 5.74) is 4.61. The van der Waals surface area contributed by atoms with Gasteiger partial charge in [-0.25, -0.2) is 14.4 Å². The normalized spacial score (nSPS) is 15.9. The predicted octanol–water partition coefficient (Wildman–Crippen LogP) is 3.08. The van der Waals surface area contributed by atoms with E-state index in [1.165, 1.54) is 0 Å². The van der Waals surface area contributed by atoms with Gasteiger partial charge in [-0.1, -0.05) is 17.7 Å². The van der Waals surface area contributed by atoms with Crippen LogP contribution in [0.5, 0.6) is 0 Å². The van der Waals surface area contributed by atoms with Gasteiger partial charge in [0.05, 0.1) is 29.5 Å². The topological polar surface area (TPSA) is 98.7 Å². The Morgan fingerprint density at radius 2 is 1.74 bits per heavy atom. The number of benzene rings is 1. The minimum atomic E-state index is -0.564. The third-order valence-electron chi connectivity index (χ3n) is 5.16. The van der Waals surface area contributed by atoms with E-state index < -0.39 is 24.0 Å². The number of nitrogens with one attached hydrogen (secondary N) is 2. The average Bonchev–Trinajstić information content (AvgIpc) is 3.00. The van der Waals surface area contributed by atoms with Gasteiger partial charge in [-0.05, 0) is 52.8 Å². The molecule has 31 heavy (non-hydrogen) atoms. The van der Waals surface area contributed by atoms with E-state index in [1.807, 2.05) is 49.6 Å². The number of carbonyl (C=O) groups is 3. The van der Waals surface area contributed by atoms with Gasteiger partial charge in [0, 0.05) is 17.1 Å². The van der Waals surface area contributed by atoms with Gasteiger partial charge in [0.25, 0.3) is 0 Å². The smallest absolute Gasteiger partial charge is 0.340 e. The lowest BCUT2D eigenvalue weighted by Gasteiger charge is -2.26. The van der Waals surface area contributed by atoms with Crippen LogP contribution in [-0.2, 0) is 14.3 Å². The molecule has 1 aliphatic rings. The van der Waals surface area contributed by atoms with Crippen molar-refractivity contribution in [2.45, 2.75) is 40.7 Å². The zero-order valence-corrected chi connectivity index (χ0v) is 18.4. The second kappa shape index (κ2) is 9.07. The quantitative estimate of drug-likeness (QED) is 0.693.